The lowest BCUT2D eigenvalue weighted by Gasteiger charge is -2.17. The van der Waals surface area contributed by atoms with Crippen molar-refractivity contribution in [2.45, 2.75) is 19.0 Å². The van der Waals surface area contributed by atoms with Crippen LogP contribution in [0.4, 0.5) is 5.69 Å². The van der Waals surface area contributed by atoms with E-state index in [1.54, 1.807) is 12.1 Å². The van der Waals surface area contributed by atoms with Gasteiger partial charge in [0.25, 0.3) is 5.91 Å². The molecule has 0 aliphatic carbocycles. The third-order valence-electron chi connectivity index (χ3n) is 5.01. The van der Waals surface area contributed by atoms with Crippen molar-refractivity contribution in [2.75, 3.05) is 38.6 Å². The van der Waals surface area contributed by atoms with Crippen molar-refractivity contribution in [1.29, 1.82) is 0 Å². The Bertz CT molecular complexity index is 837. The van der Waals surface area contributed by atoms with E-state index in [0.717, 1.165) is 36.8 Å². The van der Waals surface area contributed by atoms with Gasteiger partial charge in [0.2, 0.25) is 5.91 Å². The average Bonchev–Trinajstić information content (AvgIpc) is 3.14. The summed E-state index contributed by atoms with van der Waals surface area (Å²) in [6.45, 7) is 2.54. The third kappa shape index (κ3) is 6.21. The predicted octanol–water partition coefficient (Wildman–Crippen LogP) is 2.53. The van der Waals surface area contributed by atoms with Crippen molar-refractivity contribution in [1.82, 2.24) is 15.5 Å². The number of carbonyl (C=O) groups excluding carboxylic acids is 2. The van der Waals surface area contributed by atoms with Crippen molar-refractivity contribution in [2.24, 2.45) is 0 Å². The SMILES string of the molecule is CN(C)c1ccc(C(=O)NCC(=O)N[C@@H]2CCN(Cc3ccc(Cl)cc3)C2)cc1. The van der Waals surface area contributed by atoms with E-state index in [-0.39, 0.29) is 24.4 Å². The van der Waals surface area contributed by atoms with Gasteiger partial charge in [0.15, 0.2) is 0 Å². The molecule has 29 heavy (non-hydrogen) atoms. The van der Waals surface area contributed by atoms with Crippen LogP contribution in [0.3, 0.4) is 0 Å². The number of hydrogen-bond donors (Lipinski definition) is 2. The van der Waals surface area contributed by atoms with E-state index in [2.05, 4.69) is 15.5 Å². The van der Waals surface area contributed by atoms with Gasteiger partial charge in [0.05, 0.1) is 6.54 Å². The molecule has 7 heteroatoms. The van der Waals surface area contributed by atoms with Crippen LogP contribution in [-0.2, 0) is 11.3 Å². The maximum absolute atomic E-state index is 12.2. The quantitative estimate of drug-likeness (QED) is 0.730. The molecule has 2 amide bonds. The Morgan fingerprint density at radius 2 is 1.79 bits per heavy atom. The smallest absolute Gasteiger partial charge is 0.251 e. The summed E-state index contributed by atoms with van der Waals surface area (Å²) in [5, 5.41) is 6.43. The van der Waals surface area contributed by atoms with Gasteiger partial charge in [0.1, 0.15) is 0 Å². The molecule has 1 atom stereocenters. The lowest BCUT2D eigenvalue weighted by atomic mass is 10.2. The molecule has 0 spiro atoms. The molecular weight excluding hydrogens is 388 g/mol. The maximum atomic E-state index is 12.2. The highest BCUT2D eigenvalue weighted by Crippen LogP contribution is 2.16. The molecule has 2 N–H and O–H groups in total. The number of halogens is 1. The number of hydrogen-bond acceptors (Lipinski definition) is 4. The first-order chi connectivity index (χ1) is 13.9. The second-order valence-corrected chi connectivity index (χ2v) is 7.98. The topological polar surface area (TPSA) is 64.7 Å². The average molecular weight is 415 g/mol. The largest absolute Gasteiger partial charge is 0.378 e. The maximum Gasteiger partial charge on any atom is 0.251 e. The van der Waals surface area contributed by atoms with Crippen LogP contribution in [0, 0.1) is 0 Å². The van der Waals surface area contributed by atoms with Crippen LogP contribution in [0.25, 0.3) is 0 Å². The number of benzene rings is 2. The van der Waals surface area contributed by atoms with Crippen molar-refractivity contribution in [3.8, 4) is 0 Å². The van der Waals surface area contributed by atoms with E-state index in [1.807, 2.05) is 55.4 Å². The zero-order valence-electron chi connectivity index (χ0n) is 16.8. The summed E-state index contributed by atoms with van der Waals surface area (Å²) >= 11 is 5.93. The summed E-state index contributed by atoms with van der Waals surface area (Å²) in [6.07, 6.45) is 0.902. The van der Waals surface area contributed by atoms with Crippen molar-refractivity contribution >= 4 is 29.1 Å². The standard InChI is InChI=1S/C22H27ClN4O2/c1-26(2)20-9-5-17(6-10-20)22(29)24-13-21(28)25-19-11-12-27(15-19)14-16-3-7-18(23)8-4-16/h3-10,19H,11-15H2,1-2H3,(H,24,29)(H,25,28)/t19-/m1/s1. The van der Waals surface area contributed by atoms with E-state index < -0.39 is 0 Å². The summed E-state index contributed by atoms with van der Waals surface area (Å²) < 4.78 is 0. The van der Waals surface area contributed by atoms with Gasteiger partial charge in [-0.15, -0.1) is 0 Å². The van der Waals surface area contributed by atoms with E-state index in [0.29, 0.717) is 5.56 Å². The highest BCUT2D eigenvalue weighted by Gasteiger charge is 2.24. The van der Waals surface area contributed by atoms with Crippen molar-refractivity contribution in [3.05, 3.63) is 64.7 Å². The Morgan fingerprint density at radius 1 is 1.10 bits per heavy atom. The summed E-state index contributed by atoms with van der Waals surface area (Å²) in [5.74, 6) is -0.414. The number of anilines is 1. The molecule has 0 unspecified atom stereocenters. The summed E-state index contributed by atoms with van der Waals surface area (Å²) in [4.78, 5) is 28.7. The van der Waals surface area contributed by atoms with Crippen molar-refractivity contribution in [3.63, 3.8) is 0 Å². The predicted molar refractivity (Wildman–Crippen MR) is 116 cm³/mol. The van der Waals surface area contributed by atoms with Crippen LogP contribution in [0.2, 0.25) is 5.02 Å². The Hall–Kier alpha value is -2.57. The minimum absolute atomic E-state index is 0.0258. The minimum Gasteiger partial charge on any atom is -0.378 e. The molecular formula is C22H27ClN4O2. The molecule has 2 aromatic rings. The highest BCUT2D eigenvalue weighted by molar-refractivity contribution is 6.30. The second-order valence-electron chi connectivity index (χ2n) is 7.54. The summed E-state index contributed by atoms with van der Waals surface area (Å²) in [5.41, 5.74) is 2.76. The van der Waals surface area contributed by atoms with Gasteiger partial charge in [-0.25, -0.2) is 0 Å². The molecule has 0 aromatic heterocycles. The molecule has 1 heterocycles. The second kappa shape index (κ2) is 9.76. The molecule has 154 valence electrons. The van der Waals surface area contributed by atoms with E-state index in [4.69, 9.17) is 11.6 Å². The monoisotopic (exact) mass is 414 g/mol. The van der Waals surface area contributed by atoms with Gasteiger partial charge < -0.3 is 15.5 Å². The van der Waals surface area contributed by atoms with Crippen LogP contribution in [0.5, 0.6) is 0 Å². The molecule has 3 rings (SSSR count). The number of nitrogens with zero attached hydrogens (tertiary/aromatic N) is 2. The molecule has 1 fully saturated rings. The molecule has 1 aliphatic rings. The van der Waals surface area contributed by atoms with E-state index in [1.165, 1.54) is 5.56 Å². The number of amides is 2. The van der Waals surface area contributed by atoms with Crippen LogP contribution in [-0.4, -0.2) is 56.5 Å². The fourth-order valence-electron chi connectivity index (χ4n) is 3.39. The van der Waals surface area contributed by atoms with Gasteiger partial charge in [0, 0.05) is 56.0 Å². The number of carbonyl (C=O) groups is 2. The molecule has 6 nitrogen and oxygen atoms in total. The minimum atomic E-state index is -0.249. The Kier molecular flexibility index (Phi) is 7.12. The number of rotatable bonds is 7. The van der Waals surface area contributed by atoms with Gasteiger partial charge >= 0.3 is 0 Å². The third-order valence-corrected chi connectivity index (χ3v) is 5.26. The van der Waals surface area contributed by atoms with E-state index >= 15 is 0 Å². The van der Waals surface area contributed by atoms with Gasteiger partial charge in [-0.1, -0.05) is 23.7 Å². The Labute approximate surface area is 176 Å². The number of nitrogens with one attached hydrogen (secondary N) is 2. The Balaban J connectivity index is 1.40. The molecule has 0 bridgehead atoms. The molecule has 2 aromatic carbocycles. The van der Waals surface area contributed by atoms with Gasteiger partial charge in [-0.2, -0.15) is 0 Å². The van der Waals surface area contributed by atoms with Crippen LogP contribution >= 0.6 is 11.6 Å². The van der Waals surface area contributed by atoms with Crippen LogP contribution in [0.1, 0.15) is 22.3 Å². The number of likely N-dealkylation sites (tertiary alicyclic amines) is 1. The highest BCUT2D eigenvalue weighted by atomic mass is 35.5. The zero-order valence-corrected chi connectivity index (χ0v) is 17.6. The van der Waals surface area contributed by atoms with E-state index in [9.17, 15) is 9.59 Å². The molecule has 0 saturated carbocycles. The fourth-order valence-corrected chi connectivity index (χ4v) is 3.52. The zero-order chi connectivity index (χ0) is 20.8. The first kappa shape index (κ1) is 21.1. The lowest BCUT2D eigenvalue weighted by molar-refractivity contribution is -0.120. The molecule has 1 saturated heterocycles. The summed E-state index contributed by atoms with van der Waals surface area (Å²) in [7, 11) is 3.89. The lowest BCUT2D eigenvalue weighted by Crippen LogP contribution is -2.43. The van der Waals surface area contributed by atoms with Crippen LogP contribution in [0.15, 0.2) is 48.5 Å². The first-order valence-electron chi connectivity index (χ1n) is 9.72. The molecule has 0 radical (unpaired) electrons. The first-order valence-corrected chi connectivity index (χ1v) is 10.1. The van der Waals surface area contributed by atoms with Gasteiger partial charge in [-0.05, 0) is 48.4 Å². The normalized spacial score (nSPS) is 16.4. The van der Waals surface area contributed by atoms with Crippen molar-refractivity contribution < 1.29 is 9.59 Å². The summed E-state index contributed by atoms with van der Waals surface area (Å²) in [6, 6.07) is 15.2. The Morgan fingerprint density at radius 3 is 2.45 bits per heavy atom. The van der Waals surface area contributed by atoms with Crippen LogP contribution < -0.4 is 15.5 Å². The fraction of sp³-hybridized carbons (Fsp3) is 0.364. The molecule has 1 aliphatic heterocycles. The van der Waals surface area contributed by atoms with Gasteiger partial charge in [-0.3, -0.25) is 14.5 Å².